The third-order valence-electron chi connectivity index (χ3n) is 2.23. The average Bonchev–Trinajstić information content (AvgIpc) is 2.20. The monoisotopic (exact) mass is 227 g/mol. The first kappa shape index (κ1) is 12.6. The van der Waals surface area contributed by atoms with Gasteiger partial charge in [-0.3, -0.25) is 0 Å². The molecule has 1 aromatic rings. The standard InChI is InChI=1S/C12H15F2NO/c1-8(2)11(15-3)9-6-4-5-7-10(9)16-12(13)14/h4-7,11-12,15H,1H2,2-3H3. The van der Waals surface area contributed by atoms with E-state index < -0.39 is 6.61 Å². The largest absolute Gasteiger partial charge is 0.434 e. The van der Waals surface area contributed by atoms with Crippen LogP contribution in [0.5, 0.6) is 5.75 Å². The van der Waals surface area contributed by atoms with Crippen molar-refractivity contribution in [3.8, 4) is 5.75 Å². The number of hydrogen-bond acceptors (Lipinski definition) is 2. The number of benzene rings is 1. The zero-order valence-corrected chi connectivity index (χ0v) is 9.34. The van der Waals surface area contributed by atoms with Gasteiger partial charge in [0, 0.05) is 5.56 Å². The quantitative estimate of drug-likeness (QED) is 0.780. The molecule has 1 rings (SSSR count). The summed E-state index contributed by atoms with van der Waals surface area (Å²) in [4.78, 5) is 0. The minimum atomic E-state index is -2.82. The number of halogens is 2. The Hall–Kier alpha value is -1.42. The number of hydrogen-bond donors (Lipinski definition) is 1. The van der Waals surface area contributed by atoms with Gasteiger partial charge in [0.25, 0.3) is 0 Å². The highest BCUT2D eigenvalue weighted by atomic mass is 19.3. The second-order valence-corrected chi connectivity index (χ2v) is 3.48. The summed E-state index contributed by atoms with van der Waals surface area (Å²) in [6, 6.07) is 6.52. The number of rotatable bonds is 5. The Labute approximate surface area is 93.9 Å². The highest BCUT2D eigenvalue weighted by molar-refractivity contribution is 5.39. The van der Waals surface area contributed by atoms with Crippen molar-refractivity contribution in [1.29, 1.82) is 0 Å². The third kappa shape index (κ3) is 3.03. The molecule has 16 heavy (non-hydrogen) atoms. The fraction of sp³-hybridized carbons (Fsp3) is 0.333. The third-order valence-corrected chi connectivity index (χ3v) is 2.23. The molecule has 0 heterocycles. The lowest BCUT2D eigenvalue weighted by molar-refractivity contribution is -0.0506. The predicted molar refractivity (Wildman–Crippen MR) is 59.7 cm³/mol. The Morgan fingerprint density at radius 3 is 2.50 bits per heavy atom. The predicted octanol–water partition coefficient (Wildman–Crippen LogP) is 3.12. The molecule has 88 valence electrons. The number of nitrogens with one attached hydrogen (secondary N) is 1. The molecule has 0 aromatic heterocycles. The van der Waals surface area contributed by atoms with Crippen LogP contribution in [0.2, 0.25) is 0 Å². The van der Waals surface area contributed by atoms with Gasteiger partial charge >= 0.3 is 6.61 Å². The van der Waals surface area contributed by atoms with E-state index in [0.717, 1.165) is 5.57 Å². The maximum Gasteiger partial charge on any atom is 0.387 e. The van der Waals surface area contributed by atoms with Crippen LogP contribution in [0.3, 0.4) is 0 Å². The van der Waals surface area contributed by atoms with Gasteiger partial charge < -0.3 is 10.1 Å². The lowest BCUT2D eigenvalue weighted by Crippen LogP contribution is -2.18. The van der Waals surface area contributed by atoms with Gasteiger partial charge in [0.15, 0.2) is 0 Å². The highest BCUT2D eigenvalue weighted by Gasteiger charge is 2.16. The Balaban J connectivity index is 3.05. The van der Waals surface area contributed by atoms with E-state index in [1.54, 1.807) is 25.2 Å². The number of alkyl halides is 2. The molecule has 0 aliphatic heterocycles. The molecule has 0 saturated heterocycles. The van der Waals surface area contributed by atoms with Gasteiger partial charge in [-0.05, 0) is 20.0 Å². The molecule has 0 fully saturated rings. The molecule has 0 bridgehead atoms. The van der Waals surface area contributed by atoms with Gasteiger partial charge in [0.2, 0.25) is 0 Å². The topological polar surface area (TPSA) is 21.3 Å². The molecule has 1 N–H and O–H groups in total. The Kier molecular flexibility index (Phi) is 4.43. The molecular weight excluding hydrogens is 212 g/mol. The van der Waals surface area contributed by atoms with Crippen LogP contribution in [0.1, 0.15) is 18.5 Å². The van der Waals surface area contributed by atoms with Crippen LogP contribution < -0.4 is 10.1 Å². The molecule has 0 saturated carbocycles. The van der Waals surface area contributed by atoms with Crippen LogP contribution in [-0.4, -0.2) is 13.7 Å². The van der Waals surface area contributed by atoms with Crippen LogP contribution in [0, 0.1) is 0 Å². The summed E-state index contributed by atoms with van der Waals surface area (Å²) in [6.07, 6.45) is 0. The van der Waals surface area contributed by atoms with Crippen molar-refractivity contribution in [2.45, 2.75) is 19.6 Å². The van der Waals surface area contributed by atoms with Gasteiger partial charge in [-0.15, -0.1) is 0 Å². The molecule has 2 nitrogen and oxygen atoms in total. The average molecular weight is 227 g/mol. The summed E-state index contributed by atoms with van der Waals surface area (Å²) >= 11 is 0. The van der Waals surface area contributed by atoms with Crippen molar-refractivity contribution in [1.82, 2.24) is 5.32 Å². The SMILES string of the molecule is C=C(C)C(NC)c1ccccc1OC(F)F. The fourth-order valence-corrected chi connectivity index (χ4v) is 1.59. The summed E-state index contributed by atoms with van der Waals surface area (Å²) in [5.74, 6) is 0.180. The van der Waals surface area contributed by atoms with Crippen molar-refractivity contribution in [3.63, 3.8) is 0 Å². The zero-order chi connectivity index (χ0) is 12.1. The maximum atomic E-state index is 12.2. The summed E-state index contributed by atoms with van der Waals surface area (Å²) in [6.45, 7) is 2.84. The second-order valence-electron chi connectivity index (χ2n) is 3.48. The minimum Gasteiger partial charge on any atom is -0.434 e. The number of para-hydroxylation sites is 1. The van der Waals surface area contributed by atoms with E-state index in [1.165, 1.54) is 6.07 Å². The van der Waals surface area contributed by atoms with Crippen molar-refractivity contribution >= 4 is 0 Å². The van der Waals surface area contributed by atoms with Crippen molar-refractivity contribution in [2.24, 2.45) is 0 Å². The molecule has 1 unspecified atom stereocenters. The van der Waals surface area contributed by atoms with Crippen molar-refractivity contribution in [2.75, 3.05) is 7.05 Å². The van der Waals surface area contributed by atoms with E-state index in [9.17, 15) is 8.78 Å². The summed E-state index contributed by atoms with van der Waals surface area (Å²) in [5.41, 5.74) is 1.51. The Morgan fingerprint density at radius 1 is 1.38 bits per heavy atom. The Bertz CT molecular complexity index is 366. The molecule has 4 heteroatoms. The van der Waals surface area contributed by atoms with Crippen molar-refractivity contribution < 1.29 is 13.5 Å². The lowest BCUT2D eigenvalue weighted by atomic mass is 10.0. The molecule has 1 aromatic carbocycles. The molecule has 0 aliphatic rings. The maximum absolute atomic E-state index is 12.2. The normalized spacial score (nSPS) is 12.6. The van der Waals surface area contributed by atoms with E-state index in [0.29, 0.717) is 5.56 Å². The van der Waals surface area contributed by atoms with Crippen molar-refractivity contribution in [3.05, 3.63) is 42.0 Å². The highest BCUT2D eigenvalue weighted by Crippen LogP contribution is 2.29. The van der Waals surface area contributed by atoms with Gasteiger partial charge in [-0.25, -0.2) is 0 Å². The van der Waals surface area contributed by atoms with Crippen LogP contribution >= 0.6 is 0 Å². The van der Waals surface area contributed by atoms with Gasteiger partial charge in [0.1, 0.15) is 5.75 Å². The van der Waals surface area contributed by atoms with E-state index in [-0.39, 0.29) is 11.8 Å². The molecule has 0 aliphatic carbocycles. The van der Waals surface area contributed by atoms with Gasteiger partial charge in [-0.2, -0.15) is 8.78 Å². The number of ether oxygens (including phenoxy) is 1. The smallest absolute Gasteiger partial charge is 0.387 e. The van der Waals surface area contributed by atoms with E-state index in [1.807, 2.05) is 6.92 Å². The van der Waals surface area contributed by atoms with Crippen LogP contribution in [0.4, 0.5) is 8.78 Å². The Morgan fingerprint density at radius 2 is 2.00 bits per heavy atom. The summed E-state index contributed by atoms with van der Waals surface area (Å²) in [7, 11) is 1.75. The molecule has 0 radical (unpaired) electrons. The molecule has 0 spiro atoms. The first-order valence-corrected chi connectivity index (χ1v) is 4.92. The van der Waals surface area contributed by atoms with Crippen LogP contribution in [-0.2, 0) is 0 Å². The first-order chi connectivity index (χ1) is 7.56. The fourth-order valence-electron chi connectivity index (χ4n) is 1.59. The van der Waals surface area contributed by atoms with Gasteiger partial charge in [0.05, 0.1) is 6.04 Å². The zero-order valence-electron chi connectivity index (χ0n) is 9.34. The second kappa shape index (κ2) is 5.61. The van der Waals surface area contributed by atoms with Crippen LogP contribution in [0.15, 0.2) is 36.4 Å². The summed E-state index contributed by atoms with van der Waals surface area (Å²) in [5, 5.41) is 3.01. The molecular formula is C12H15F2NO. The number of likely N-dealkylation sites (N-methyl/N-ethyl adjacent to an activating group) is 1. The van der Waals surface area contributed by atoms with E-state index in [2.05, 4.69) is 16.6 Å². The van der Waals surface area contributed by atoms with E-state index >= 15 is 0 Å². The first-order valence-electron chi connectivity index (χ1n) is 4.92. The summed E-state index contributed by atoms with van der Waals surface area (Å²) < 4.78 is 28.9. The van der Waals surface area contributed by atoms with E-state index in [4.69, 9.17) is 0 Å². The van der Waals surface area contributed by atoms with Crippen LogP contribution in [0.25, 0.3) is 0 Å². The minimum absolute atomic E-state index is 0.180. The van der Waals surface area contributed by atoms with Gasteiger partial charge in [-0.1, -0.05) is 30.4 Å². The molecule has 0 amide bonds. The molecule has 1 atom stereocenters. The lowest BCUT2D eigenvalue weighted by Gasteiger charge is -2.19.